The number of para-hydroxylation sites is 1. The zero-order chi connectivity index (χ0) is 15.1. The molecular weight excluding hydrogens is 309 g/mol. The maximum absolute atomic E-state index is 10.2. The minimum atomic E-state index is -0.531. The summed E-state index contributed by atoms with van der Waals surface area (Å²) >= 11 is 12.1. The fourth-order valence-corrected chi connectivity index (χ4v) is 3.15. The van der Waals surface area contributed by atoms with Gasteiger partial charge in [0.15, 0.2) is 5.75 Å². The molecule has 1 N–H and O–H groups in total. The van der Waals surface area contributed by atoms with Crippen LogP contribution in [0.15, 0.2) is 18.2 Å². The van der Waals surface area contributed by atoms with Gasteiger partial charge in [0.1, 0.15) is 12.7 Å². The first-order valence-corrected chi connectivity index (χ1v) is 8.39. The Balaban J connectivity index is 1.79. The van der Waals surface area contributed by atoms with E-state index in [1.165, 1.54) is 32.1 Å². The Bertz CT molecular complexity index is 414. The second kappa shape index (κ2) is 8.84. The van der Waals surface area contributed by atoms with E-state index in [9.17, 15) is 5.11 Å². The molecule has 3 nitrogen and oxygen atoms in total. The number of β-amino-alcohol motifs (C(OH)–C–C–N with tert-alkyl or cyclic N) is 1. The van der Waals surface area contributed by atoms with Crippen molar-refractivity contribution in [1.29, 1.82) is 0 Å². The van der Waals surface area contributed by atoms with E-state index in [0.717, 1.165) is 13.1 Å². The van der Waals surface area contributed by atoms with Crippen LogP contribution in [0, 0.1) is 0 Å². The third-order valence-electron chi connectivity index (χ3n) is 3.76. The minimum Gasteiger partial charge on any atom is -0.488 e. The lowest BCUT2D eigenvalue weighted by molar-refractivity contribution is 0.0655. The molecule has 0 saturated carbocycles. The first-order valence-electron chi connectivity index (χ1n) is 7.64. The normalized spacial score (nSPS) is 18.8. The van der Waals surface area contributed by atoms with E-state index in [1.54, 1.807) is 18.2 Å². The molecule has 1 saturated heterocycles. The molecule has 0 aliphatic carbocycles. The number of nitrogens with zero attached hydrogens (tertiary/aromatic N) is 1. The number of aliphatic hydroxyl groups is 1. The van der Waals surface area contributed by atoms with E-state index < -0.39 is 6.10 Å². The summed E-state index contributed by atoms with van der Waals surface area (Å²) in [5.74, 6) is 0.451. The SMILES string of the molecule is O[C@H](COc1c(Cl)cccc1Cl)CN1CCCCCCC1. The summed E-state index contributed by atoms with van der Waals surface area (Å²) in [6, 6.07) is 5.23. The van der Waals surface area contributed by atoms with Crippen molar-refractivity contribution < 1.29 is 9.84 Å². The molecule has 1 atom stereocenters. The standard InChI is InChI=1S/C16H23Cl2NO2/c17-14-7-6-8-15(18)16(14)21-12-13(20)11-19-9-4-2-1-3-5-10-19/h6-8,13,20H,1-5,9-12H2/t13-/m0/s1. The molecule has 0 amide bonds. The number of aliphatic hydroxyl groups excluding tert-OH is 1. The summed E-state index contributed by atoms with van der Waals surface area (Å²) in [7, 11) is 0. The lowest BCUT2D eigenvalue weighted by Gasteiger charge is -2.26. The van der Waals surface area contributed by atoms with Crippen LogP contribution in [0.25, 0.3) is 0 Å². The largest absolute Gasteiger partial charge is 0.488 e. The van der Waals surface area contributed by atoms with Crippen molar-refractivity contribution in [2.45, 2.75) is 38.2 Å². The summed E-state index contributed by atoms with van der Waals surface area (Å²) in [4.78, 5) is 2.32. The van der Waals surface area contributed by atoms with Crippen molar-refractivity contribution in [2.24, 2.45) is 0 Å². The van der Waals surface area contributed by atoms with Gasteiger partial charge in [-0.15, -0.1) is 0 Å². The second-order valence-corrected chi connectivity index (χ2v) is 6.40. The number of hydrogen-bond donors (Lipinski definition) is 1. The fourth-order valence-electron chi connectivity index (χ4n) is 2.65. The summed E-state index contributed by atoms with van der Waals surface area (Å²) in [5, 5.41) is 11.1. The van der Waals surface area contributed by atoms with Gasteiger partial charge in [0.05, 0.1) is 10.0 Å². The predicted octanol–water partition coefficient (Wildman–Crippen LogP) is 4.00. The first-order chi connectivity index (χ1) is 10.2. The highest BCUT2D eigenvalue weighted by Gasteiger charge is 2.15. The van der Waals surface area contributed by atoms with Gasteiger partial charge in [-0.1, -0.05) is 48.5 Å². The molecule has 1 aromatic carbocycles. The van der Waals surface area contributed by atoms with Crippen LogP contribution in [0.2, 0.25) is 10.0 Å². The summed E-state index contributed by atoms with van der Waals surface area (Å²) < 4.78 is 5.59. The Hall–Kier alpha value is -0.480. The quantitative estimate of drug-likeness (QED) is 0.885. The lowest BCUT2D eigenvalue weighted by atomic mass is 10.1. The van der Waals surface area contributed by atoms with E-state index in [-0.39, 0.29) is 6.61 Å². The number of halogens is 2. The van der Waals surface area contributed by atoms with Gasteiger partial charge in [-0.2, -0.15) is 0 Å². The van der Waals surface area contributed by atoms with Crippen LogP contribution in [-0.4, -0.2) is 42.4 Å². The van der Waals surface area contributed by atoms with Gasteiger partial charge >= 0.3 is 0 Å². The van der Waals surface area contributed by atoms with E-state index in [2.05, 4.69) is 4.90 Å². The molecule has 2 rings (SSSR count). The molecule has 0 spiro atoms. The van der Waals surface area contributed by atoms with Gasteiger partial charge in [0, 0.05) is 6.54 Å². The maximum Gasteiger partial charge on any atom is 0.156 e. The van der Waals surface area contributed by atoms with Gasteiger partial charge in [-0.25, -0.2) is 0 Å². The molecule has 1 aliphatic heterocycles. The van der Waals surface area contributed by atoms with Gasteiger partial charge in [-0.05, 0) is 38.1 Å². The van der Waals surface area contributed by atoms with Gasteiger partial charge in [0.2, 0.25) is 0 Å². The van der Waals surface area contributed by atoms with Crippen LogP contribution in [0.1, 0.15) is 32.1 Å². The van der Waals surface area contributed by atoms with Crippen LogP contribution < -0.4 is 4.74 Å². The van der Waals surface area contributed by atoms with Crippen molar-refractivity contribution in [1.82, 2.24) is 4.90 Å². The summed E-state index contributed by atoms with van der Waals surface area (Å²) in [6.45, 7) is 2.97. The van der Waals surface area contributed by atoms with Crippen LogP contribution in [0.3, 0.4) is 0 Å². The van der Waals surface area contributed by atoms with E-state index in [4.69, 9.17) is 27.9 Å². The average molecular weight is 332 g/mol. The van der Waals surface area contributed by atoms with E-state index >= 15 is 0 Å². The fraction of sp³-hybridized carbons (Fsp3) is 0.625. The van der Waals surface area contributed by atoms with E-state index in [0.29, 0.717) is 22.3 Å². The van der Waals surface area contributed by atoms with Gasteiger partial charge in [-0.3, -0.25) is 0 Å². The highest BCUT2D eigenvalue weighted by molar-refractivity contribution is 6.37. The zero-order valence-electron chi connectivity index (χ0n) is 12.2. The van der Waals surface area contributed by atoms with Crippen molar-refractivity contribution >= 4 is 23.2 Å². The van der Waals surface area contributed by atoms with Crippen molar-refractivity contribution in [2.75, 3.05) is 26.2 Å². The smallest absolute Gasteiger partial charge is 0.156 e. The summed E-state index contributed by atoms with van der Waals surface area (Å²) in [6.07, 6.45) is 5.81. The van der Waals surface area contributed by atoms with Crippen LogP contribution >= 0.6 is 23.2 Å². The maximum atomic E-state index is 10.2. The molecule has 1 fully saturated rings. The van der Waals surface area contributed by atoms with E-state index in [1.807, 2.05) is 0 Å². The van der Waals surface area contributed by atoms with Gasteiger partial charge < -0.3 is 14.7 Å². The van der Waals surface area contributed by atoms with Crippen LogP contribution in [0.5, 0.6) is 5.75 Å². The summed E-state index contributed by atoms with van der Waals surface area (Å²) in [5.41, 5.74) is 0. The topological polar surface area (TPSA) is 32.7 Å². The first kappa shape index (κ1) is 16.9. The average Bonchev–Trinajstić information content (AvgIpc) is 2.41. The third-order valence-corrected chi connectivity index (χ3v) is 4.35. The molecule has 0 radical (unpaired) electrons. The Morgan fingerprint density at radius 1 is 1.05 bits per heavy atom. The van der Waals surface area contributed by atoms with Crippen LogP contribution in [0.4, 0.5) is 0 Å². The lowest BCUT2D eigenvalue weighted by Crippen LogP contribution is -2.37. The third kappa shape index (κ3) is 5.67. The highest BCUT2D eigenvalue weighted by Crippen LogP contribution is 2.32. The molecule has 1 heterocycles. The van der Waals surface area contributed by atoms with Crippen molar-refractivity contribution in [3.05, 3.63) is 28.2 Å². The van der Waals surface area contributed by atoms with Crippen molar-refractivity contribution in [3.63, 3.8) is 0 Å². The number of rotatable bonds is 5. The van der Waals surface area contributed by atoms with Crippen LogP contribution in [-0.2, 0) is 0 Å². The zero-order valence-corrected chi connectivity index (χ0v) is 13.7. The Morgan fingerprint density at radius 2 is 1.62 bits per heavy atom. The molecule has 21 heavy (non-hydrogen) atoms. The molecule has 1 aliphatic rings. The number of benzene rings is 1. The number of hydrogen-bond acceptors (Lipinski definition) is 3. The molecule has 0 aromatic heterocycles. The number of likely N-dealkylation sites (tertiary alicyclic amines) is 1. The number of ether oxygens (including phenoxy) is 1. The molecular formula is C16H23Cl2NO2. The molecule has 5 heteroatoms. The molecule has 0 unspecified atom stereocenters. The predicted molar refractivity (Wildman–Crippen MR) is 87.5 cm³/mol. The Kier molecular flexibility index (Phi) is 7.11. The molecule has 0 bridgehead atoms. The second-order valence-electron chi connectivity index (χ2n) is 5.58. The molecule has 118 valence electrons. The Morgan fingerprint density at radius 3 is 2.24 bits per heavy atom. The minimum absolute atomic E-state index is 0.208. The van der Waals surface area contributed by atoms with Crippen molar-refractivity contribution in [3.8, 4) is 5.75 Å². The monoisotopic (exact) mass is 331 g/mol. The van der Waals surface area contributed by atoms with Gasteiger partial charge in [0.25, 0.3) is 0 Å². The molecule has 1 aromatic rings. The highest BCUT2D eigenvalue weighted by atomic mass is 35.5. The Labute approximate surface area is 136 Å².